The Balaban J connectivity index is 4.90. The van der Waals surface area contributed by atoms with Crippen LogP contribution in [0.15, 0.2) is 12.7 Å². The van der Waals surface area contributed by atoms with Gasteiger partial charge in [0.1, 0.15) is 6.10 Å². The molecule has 1 unspecified atom stereocenters. The Labute approximate surface area is 111 Å². The van der Waals surface area contributed by atoms with Gasteiger partial charge in [-0.05, 0) is 33.3 Å². The van der Waals surface area contributed by atoms with E-state index in [0.717, 1.165) is 0 Å². The standard InChI is InChI=1S/C12H24O5Si/c1-6-11(13)12(7-2)17-18(14-8-3,15-9-4)16-10-5/h6,12H,1,7-10H2,2-5H3. The van der Waals surface area contributed by atoms with E-state index in [2.05, 4.69) is 6.58 Å². The number of hydrogen-bond donors (Lipinski definition) is 0. The molecule has 0 aromatic rings. The molecule has 0 radical (unpaired) electrons. The van der Waals surface area contributed by atoms with Crippen molar-refractivity contribution in [2.75, 3.05) is 19.8 Å². The van der Waals surface area contributed by atoms with Crippen LogP contribution in [0.5, 0.6) is 0 Å². The molecule has 1 atom stereocenters. The first-order valence-electron chi connectivity index (χ1n) is 6.34. The van der Waals surface area contributed by atoms with Gasteiger partial charge in [-0.2, -0.15) is 0 Å². The van der Waals surface area contributed by atoms with Crippen LogP contribution in [0.4, 0.5) is 0 Å². The Morgan fingerprint density at radius 3 is 1.83 bits per heavy atom. The minimum Gasteiger partial charge on any atom is -0.351 e. The lowest BCUT2D eigenvalue weighted by Crippen LogP contribution is -2.52. The predicted octanol–water partition coefficient (Wildman–Crippen LogP) is 2.08. The zero-order valence-electron chi connectivity index (χ0n) is 11.7. The molecule has 0 amide bonds. The normalized spacial score (nSPS) is 13.3. The van der Waals surface area contributed by atoms with Crippen LogP contribution >= 0.6 is 0 Å². The van der Waals surface area contributed by atoms with Crippen molar-refractivity contribution < 1.29 is 22.5 Å². The van der Waals surface area contributed by atoms with Gasteiger partial charge in [0.2, 0.25) is 0 Å². The summed E-state index contributed by atoms with van der Waals surface area (Å²) in [7, 11) is -3.23. The van der Waals surface area contributed by atoms with Crippen LogP contribution < -0.4 is 0 Å². The Hall–Kier alpha value is -0.533. The number of hydrogen-bond acceptors (Lipinski definition) is 5. The van der Waals surface area contributed by atoms with E-state index in [1.807, 2.05) is 27.7 Å². The van der Waals surface area contributed by atoms with Crippen molar-refractivity contribution in [1.82, 2.24) is 0 Å². The fourth-order valence-electron chi connectivity index (χ4n) is 1.41. The molecule has 0 aliphatic carbocycles. The molecule has 0 aromatic heterocycles. The highest BCUT2D eigenvalue weighted by Gasteiger charge is 2.47. The van der Waals surface area contributed by atoms with E-state index in [1.165, 1.54) is 6.08 Å². The second-order valence-electron chi connectivity index (χ2n) is 3.42. The van der Waals surface area contributed by atoms with Gasteiger partial charge >= 0.3 is 9.05 Å². The Morgan fingerprint density at radius 1 is 1.11 bits per heavy atom. The monoisotopic (exact) mass is 276 g/mol. The van der Waals surface area contributed by atoms with E-state index in [0.29, 0.717) is 26.2 Å². The largest absolute Gasteiger partial charge is 0.680 e. The van der Waals surface area contributed by atoms with Crippen LogP contribution in [0, 0.1) is 0 Å². The highest BCUT2D eigenvalue weighted by molar-refractivity contribution is 6.53. The van der Waals surface area contributed by atoms with Gasteiger partial charge in [-0.1, -0.05) is 13.5 Å². The molecule has 0 saturated carbocycles. The van der Waals surface area contributed by atoms with Crippen LogP contribution in [-0.2, 0) is 22.5 Å². The maximum atomic E-state index is 11.6. The number of rotatable bonds is 11. The molecular formula is C12H24O5Si. The molecule has 0 bridgehead atoms. The summed E-state index contributed by atoms with van der Waals surface area (Å²) in [4.78, 5) is 11.6. The van der Waals surface area contributed by atoms with Crippen LogP contribution in [0.3, 0.4) is 0 Å². The number of carbonyl (C=O) groups excluding carboxylic acids is 1. The minimum atomic E-state index is -3.23. The molecule has 0 rings (SSSR count). The Morgan fingerprint density at radius 2 is 1.56 bits per heavy atom. The molecule has 0 aliphatic heterocycles. The molecule has 0 aromatic carbocycles. The summed E-state index contributed by atoms with van der Waals surface area (Å²) < 4.78 is 22.3. The summed E-state index contributed by atoms with van der Waals surface area (Å²) in [5, 5.41) is 0. The van der Waals surface area contributed by atoms with Crippen molar-refractivity contribution in [2.45, 2.75) is 40.2 Å². The number of carbonyl (C=O) groups is 1. The van der Waals surface area contributed by atoms with E-state index in [4.69, 9.17) is 17.7 Å². The zero-order valence-corrected chi connectivity index (χ0v) is 12.7. The lowest BCUT2D eigenvalue weighted by molar-refractivity contribution is -0.127. The second-order valence-corrected chi connectivity index (χ2v) is 5.52. The maximum Gasteiger partial charge on any atom is 0.680 e. The summed E-state index contributed by atoms with van der Waals surface area (Å²) in [5.74, 6) is -0.187. The van der Waals surface area contributed by atoms with E-state index in [-0.39, 0.29) is 5.78 Å². The van der Waals surface area contributed by atoms with Crippen LogP contribution in [0.25, 0.3) is 0 Å². The smallest absolute Gasteiger partial charge is 0.351 e. The summed E-state index contributed by atoms with van der Waals surface area (Å²) in [6.07, 6.45) is 1.14. The average molecular weight is 276 g/mol. The van der Waals surface area contributed by atoms with Gasteiger partial charge in [0.25, 0.3) is 0 Å². The van der Waals surface area contributed by atoms with Gasteiger partial charge in [0, 0.05) is 19.8 Å². The summed E-state index contributed by atoms with van der Waals surface area (Å²) >= 11 is 0. The second kappa shape index (κ2) is 9.40. The van der Waals surface area contributed by atoms with Crippen LogP contribution in [0.2, 0.25) is 0 Å². The first kappa shape index (κ1) is 17.5. The molecule has 0 spiro atoms. The highest BCUT2D eigenvalue weighted by atomic mass is 28.4. The zero-order chi connectivity index (χ0) is 14.0. The summed E-state index contributed by atoms with van der Waals surface area (Å²) in [6, 6.07) is 0. The van der Waals surface area contributed by atoms with E-state index in [1.54, 1.807) is 0 Å². The quantitative estimate of drug-likeness (QED) is 0.427. The molecule has 0 fully saturated rings. The average Bonchev–Trinajstić information content (AvgIpc) is 2.36. The Bertz CT molecular complexity index is 240. The fraction of sp³-hybridized carbons (Fsp3) is 0.750. The van der Waals surface area contributed by atoms with Crippen LogP contribution in [0.1, 0.15) is 34.1 Å². The van der Waals surface area contributed by atoms with Gasteiger partial charge in [0.15, 0.2) is 5.78 Å². The first-order chi connectivity index (χ1) is 8.59. The van der Waals surface area contributed by atoms with E-state index in [9.17, 15) is 4.79 Å². The van der Waals surface area contributed by atoms with Gasteiger partial charge < -0.3 is 17.7 Å². The maximum absolute atomic E-state index is 11.6. The third kappa shape index (κ3) is 5.41. The predicted molar refractivity (Wildman–Crippen MR) is 71.0 cm³/mol. The van der Waals surface area contributed by atoms with Gasteiger partial charge in [-0.3, -0.25) is 4.79 Å². The third-order valence-electron chi connectivity index (χ3n) is 2.14. The molecule has 18 heavy (non-hydrogen) atoms. The summed E-state index contributed by atoms with van der Waals surface area (Å²) in [5.41, 5.74) is 0. The Kier molecular flexibility index (Phi) is 9.13. The van der Waals surface area contributed by atoms with Crippen LogP contribution in [-0.4, -0.2) is 40.8 Å². The van der Waals surface area contributed by atoms with Gasteiger partial charge in [-0.15, -0.1) is 0 Å². The number of ketones is 1. The first-order valence-corrected chi connectivity index (χ1v) is 7.98. The minimum absolute atomic E-state index is 0.187. The van der Waals surface area contributed by atoms with E-state index >= 15 is 0 Å². The lowest BCUT2D eigenvalue weighted by atomic mass is 10.2. The van der Waals surface area contributed by atoms with Gasteiger partial charge in [-0.25, -0.2) is 0 Å². The van der Waals surface area contributed by atoms with Crippen molar-refractivity contribution in [1.29, 1.82) is 0 Å². The fourth-order valence-corrected chi connectivity index (χ4v) is 3.55. The highest BCUT2D eigenvalue weighted by Crippen LogP contribution is 2.17. The molecular weight excluding hydrogens is 252 g/mol. The van der Waals surface area contributed by atoms with Crippen molar-refractivity contribution >= 4 is 14.8 Å². The third-order valence-corrected chi connectivity index (χ3v) is 4.64. The summed E-state index contributed by atoms with van der Waals surface area (Å²) in [6.45, 7) is 12.0. The topological polar surface area (TPSA) is 54.0 Å². The SMILES string of the molecule is C=CC(=O)C(CC)O[Si](OCC)(OCC)OCC. The molecule has 106 valence electrons. The molecule has 0 aliphatic rings. The van der Waals surface area contributed by atoms with E-state index < -0.39 is 15.2 Å². The molecule has 5 nitrogen and oxygen atoms in total. The molecule has 0 saturated heterocycles. The van der Waals surface area contributed by atoms with Crippen molar-refractivity contribution in [3.63, 3.8) is 0 Å². The molecule has 0 N–H and O–H groups in total. The molecule has 6 heteroatoms. The van der Waals surface area contributed by atoms with Crippen molar-refractivity contribution in [3.05, 3.63) is 12.7 Å². The van der Waals surface area contributed by atoms with Gasteiger partial charge in [0.05, 0.1) is 0 Å². The lowest BCUT2D eigenvalue weighted by Gasteiger charge is -2.29. The van der Waals surface area contributed by atoms with Crippen molar-refractivity contribution in [3.8, 4) is 0 Å². The molecule has 0 heterocycles. The van der Waals surface area contributed by atoms with Crippen molar-refractivity contribution in [2.24, 2.45) is 0 Å².